The van der Waals surface area contributed by atoms with Crippen molar-refractivity contribution in [2.75, 3.05) is 26.2 Å². The highest BCUT2D eigenvalue weighted by Crippen LogP contribution is 2.37. The molecule has 3 aliphatic rings. The van der Waals surface area contributed by atoms with E-state index in [4.69, 9.17) is 0 Å². The number of likely N-dealkylation sites (tertiary alicyclic amines) is 2. The van der Waals surface area contributed by atoms with Crippen LogP contribution < -0.4 is 0 Å². The first-order valence-electron chi connectivity index (χ1n) is 11.0. The molecule has 31 heavy (non-hydrogen) atoms. The molecule has 0 saturated carbocycles. The quantitative estimate of drug-likeness (QED) is 0.599. The van der Waals surface area contributed by atoms with E-state index in [0.29, 0.717) is 17.7 Å². The molecule has 1 aliphatic carbocycles. The van der Waals surface area contributed by atoms with Gasteiger partial charge in [-0.2, -0.15) is 13.2 Å². The first-order chi connectivity index (χ1) is 14.7. The molecule has 0 bridgehead atoms. The fourth-order valence-electron chi connectivity index (χ4n) is 5.05. The molecule has 7 heteroatoms. The van der Waals surface area contributed by atoms with Gasteiger partial charge in [-0.15, -0.1) is 0 Å². The summed E-state index contributed by atoms with van der Waals surface area (Å²) in [6.07, 6.45) is 2.94. The van der Waals surface area contributed by atoms with Crippen LogP contribution in [0, 0.1) is 11.8 Å². The van der Waals surface area contributed by atoms with Crippen LogP contribution in [0.1, 0.15) is 43.7 Å². The number of halogens is 4. The second-order valence-electron chi connectivity index (χ2n) is 8.90. The molecule has 3 nitrogen and oxygen atoms in total. The van der Waals surface area contributed by atoms with Crippen LogP contribution in [0.3, 0.4) is 0 Å². The summed E-state index contributed by atoms with van der Waals surface area (Å²) in [5.74, 6) is -1.92. The van der Waals surface area contributed by atoms with Crippen molar-refractivity contribution in [2.24, 2.45) is 11.8 Å². The fraction of sp³-hybridized carbons (Fsp3) is 0.542. The molecule has 2 saturated heterocycles. The zero-order valence-electron chi connectivity index (χ0n) is 17.7. The summed E-state index contributed by atoms with van der Waals surface area (Å²) in [6.45, 7) is 5.43. The van der Waals surface area contributed by atoms with Gasteiger partial charge in [-0.05, 0) is 74.0 Å². The smallest absolute Gasteiger partial charge is 0.338 e. The average molecular weight is 436 g/mol. The number of alkyl halides is 3. The Morgan fingerprint density at radius 3 is 2.35 bits per heavy atom. The van der Waals surface area contributed by atoms with Gasteiger partial charge >= 0.3 is 6.18 Å². The zero-order valence-corrected chi connectivity index (χ0v) is 17.7. The predicted octanol–water partition coefficient (Wildman–Crippen LogP) is 5.29. The van der Waals surface area contributed by atoms with Gasteiger partial charge in [-0.25, -0.2) is 4.39 Å². The summed E-state index contributed by atoms with van der Waals surface area (Å²) in [6, 6.07) is 4.82. The third kappa shape index (κ3) is 4.71. The molecule has 2 heterocycles. The predicted molar refractivity (Wildman–Crippen MR) is 112 cm³/mol. The van der Waals surface area contributed by atoms with Gasteiger partial charge in [0.2, 0.25) is 5.91 Å². The summed E-state index contributed by atoms with van der Waals surface area (Å²) >= 11 is 0. The van der Waals surface area contributed by atoms with Gasteiger partial charge in [0.1, 0.15) is 5.83 Å². The maximum absolute atomic E-state index is 15.1. The van der Waals surface area contributed by atoms with Crippen LogP contribution in [-0.2, 0) is 11.0 Å². The second-order valence-corrected chi connectivity index (χ2v) is 8.90. The van der Waals surface area contributed by atoms with Crippen molar-refractivity contribution in [3.05, 3.63) is 53.4 Å². The highest BCUT2D eigenvalue weighted by atomic mass is 19.4. The molecule has 1 aromatic rings. The molecule has 168 valence electrons. The van der Waals surface area contributed by atoms with Crippen molar-refractivity contribution in [3.63, 3.8) is 0 Å². The minimum Gasteiger partial charge on any atom is -0.338 e. The molecule has 4 rings (SSSR count). The molecular formula is C24H28F4N2O. The van der Waals surface area contributed by atoms with Crippen LogP contribution in [0.5, 0.6) is 0 Å². The number of carbonyl (C=O) groups excluding carboxylic acids is 1. The lowest BCUT2D eigenvalue weighted by atomic mass is 9.83. The molecule has 2 aliphatic heterocycles. The van der Waals surface area contributed by atoms with E-state index in [-0.39, 0.29) is 17.9 Å². The number of allylic oxidation sites excluding steroid dienone is 3. The minimum absolute atomic E-state index is 0.130. The van der Waals surface area contributed by atoms with Crippen LogP contribution in [0.4, 0.5) is 17.6 Å². The Morgan fingerprint density at radius 1 is 1.06 bits per heavy atom. The summed E-state index contributed by atoms with van der Waals surface area (Å²) in [5.41, 5.74) is 0.281. The van der Waals surface area contributed by atoms with Gasteiger partial charge in [0.05, 0.1) is 11.5 Å². The molecule has 3 atom stereocenters. The van der Waals surface area contributed by atoms with Gasteiger partial charge in [0.25, 0.3) is 0 Å². The van der Waals surface area contributed by atoms with Crippen molar-refractivity contribution in [2.45, 2.75) is 44.8 Å². The van der Waals surface area contributed by atoms with Gasteiger partial charge in [0, 0.05) is 19.1 Å². The summed E-state index contributed by atoms with van der Waals surface area (Å²) < 4.78 is 53.5. The number of hydrogen-bond donors (Lipinski definition) is 0. The van der Waals surface area contributed by atoms with Crippen molar-refractivity contribution >= 4 is 11.5 Å². The Kier molecular flexibility index (Phi) is 6.24. The van der Waals surface area contributed by atoms with E-state index in [0.717, 1.165) is 44.6 Å². The number of carbonyl (C=O) groups is 1. The number of hydrogen-bond acceptors (Lipinski definition) is 2. The highest BCUT2D eigenvalue weighted by molar-refractivity contribution is 5.86. The Morgan fingerprint density at radius 2 is 1.74 bits per heavy atom. The monoisotopic (exact) mass is 436 g/mol. The minimum atomic E-state index is -4.41. The highest BCUT2D eigenvalue weighted by Gasteiger charge is 2.39. The molecule has 0 radical (unpaired) electrons. The molecule has 0 N–H and O–H groups in total. The van der Waals surface area contributed by atoms with Crippen LogP contribution >= 0.6 is 0 Å². The van der Waals surface area contributed by atoms with Crippen molar-refractivity contribution in [1.82, 2.24) is 9.80 Å². The van der Waals surface area contributed by atoms with E-state index in [1.165, 1.54) is 31.1 Å². The Balaban J connectivity index is 1.48. The normalized spacial score (nSPS) is 27.4. The standard InChI is InChI=1S/C24H28F4N2O/c1-16-13-18(17-6-8-19(9-7-17)24(26,27)28)14-21(25)22(16)23(31)30-12-4-5-20(30)15-29-10-2-3-11-29/h6-9,13-14,16,20,22H,2-5,10-12,15H2,1H3. The number of benzene rings is 1. The van der Waals surface area contributed by atoms with Crippen LogP contribution in [-0.4, -0.2) is 47.9 Å². The SMILES string of the molecule is CC1C=C(c2ccc(C(F)(F)F)cc2)C=C(F)C1C(=O)N1CCCC1CN1CCCC1. The third-order valence-electron chi connectivity index (χ3n) is 6.70. The second kappa shape index (κ2) is 8.77. The largest absolute Gasteiger partial charge is 0.416 e. The topological polar surface area (TPSA) is 23.6 Å². The van der Waals surface area contributed by atoms with Gasteiger partial charge in [-0.1, -0.05) is 25.1 Å². The van der Waals surface area contributed by atoms with E-state index in [2.05, 4.69) is 4.90 Å². The van der Waals surface area contributed by atoms with Gasteiger partial charge in [-0.3, -0.25) is 4.79 Å². The molecule has 2 fully saturated rings. The van der Waals surface area contributed by atoms with Crippen molar-refractivity contribution < 1.29 is 22.4 Å². The molecule has 0 aromatic heterocycles. The van der Waals surface area contributed by atoms with Gasteiger partial charge < -0.3 is 9.80 Å². The van der Waals surface area contributed by atoms with Crippen LogP contribution in [0.15, 0.2) is 42.2 Å². The van der Waals surface area contributed by atoms with E-state index < -0.39 is 23.5 Å². The maximum atomic E-state index is 15.1. The lowest BCUT2D eigenvalue weighted by Crippen LogP contribution is -2.46. The lowest BCUT2D eigenvalue weighted by Gasteiger charge is -2.33. The van der Waals surface area contributed by atoms with E-state index in [9.17, 15) is 18.0 Å². The summed E-state index contributed by atoms with van der Waals surface area (Å²) in [4.78, 5) is 17.5. The van der Waals surface area contributed by atoms with E-state index >= 15 is 4.39 Å². The first kappa shape index (κ1) is 22.1. The van der Waals surface area contributed by atoms with Crippen molar-refractivity contribution in [1.29, 1.82) is 0 Å². The Hall–Kier alpha value is -2.15. The molecule has 3 unspecified atom stereocenters. The Labute approximate surface area is 180 Å². The summed E-state index contributed by atoms with van der Waals surface area (Å²) in [5, 5.41) is 0. The molecule has 1 aromatic carbocycles. The fourth-order valence-corrected chi connectivity index (χ4v) is 5.05. The molecule has 0 spiro atoms. The molecule has 1 amide bonds. The van der Waals surface area contributed by atoms with E-state index in [1.807, 2.05) is 4.90 Å². The number of amides is 1. The third-order valence-corrected chi connectivity index (χ3v) is 6.70. The van der Waals surface area contributed by atoms with Crippen LogP contribution in [0.2, 0.25) is 0 Å². The van der Waals surface area contributed by atoms with Crippen LogP contribution in [0.25, 0.3) is 5.57 Å². The van der Waals surface area contributed by atoms with Crippen molar-refractivity contribution in [3.8, 4) is 0 Å². The average Bonchev–Trinajstić information content (AvgIpc) is 3.39. The van der Waals surface area contributed by atoms with E-state index in [1.54, 1.807) is 13.0 Å². The first-order valence-corrected chi connectivity index (χ1v) is 11.0. The number of rotatable bonds is 4. The maximum Gasteiger partial charge on any atom is 0.416 e. The lowest BCUT2D eigenvalue weighted by molar-refractivity contribution is -0.138. The number of nitrogens with zero attached hydrogens (tertiary/aromatic N) is 2. The van der Waals surface area contributed by atoms with Gasteiger partial charge in [0.15, 0.2) is 0 Å². The summed E-state index contributed by atoms with van der Waals surface area (Å²) in [7, 11) is 0. The zero-order chi connectivity index (χ0) is 22.2. The molecular weight excluding hydrogens is 408 g/mol. The Bertz CT molecular complexity index is 869.